The topological polar surface area (TPSA) is 82.2 Å². The molecule has 6 aromatic rings. The quantitative estimate of drug-likeness (QED) is 0.227. The summed E-state index contributed by atoms with van der Waals surface area (Å²) in [7, 11) is -4.17. The fraction of sp³-hybridized carbons (Fsp3) is 0.0625. The Balaban J connectivity index is 1.80. The molecule has 0 saturated heterocycles. The molecule has 0 unspecified atom stereocenters. The van der Waals surface area contributed by atoms with Gasteiger partial charge in [-0.05, 0) is 37.6 Å². The van der Waals surface area contributed by atoms with Crippen molar-refractivity contribution in [1.29, 1.82) is 0 Å². The number of fused-ring (bicyclic) bond motifs is 1. The molecule has 6 rings (SSSR count). The van der Waals surface area contributed by atoms with Crippen LogP contribution in [0.4, 0.5) is 0 Å². The van der Waals surface area contributed by atoms with Crippen LogP contribution < -0.4 is 5.63 Å². The minimum atomic E-state index is -4.17. The molecule has 0 aliphatic rings. The second-order valence-electron chi connectivity index (χ2n) is 9.43. The van der Waals surface area contributed by atoms with Gasteiger partial charge >= 0.3 is 5.63 Å². The largest absolute Gasteiger partial charge is 0.423 e. The maximum Gasteiger partial charge on any atom is 0.336 e. The zero-order valence-corrected chi connectivity index (χ0v) is 22.1. The zero-order valence-electron chi connectivity index (χ0n) is 21.3. The number of aromatic nitrogens is 2. The third-order valence-electron chi connectivity index (χ3n) is 6.63. The summed E-state index contributed by atoms with van der Waals surface area (Å²) in [6, 6.07) is 32.2. The van der Waals surface area contributed by atoms with Crippen LogP contribution in [0.15, 0.2) is 123 Å². The molecule has 0 bridgehead atoms. The molecule has 0 aliphatic carbocycles. The highest BCUT2D eigenvalue weighted by Gasteiger charge is 2.31. The molecule has 0 saturated carbocycles. The molecule has 2 heterocycles. The number of aryl methyl sites for hydroxylation is 2. The van der Waals surface area contributed by atoms with Crippen LogP contribution in [-0.4, -0.2) is 17.4 Å². The normalized spacial score (nSPS) is 11.6. The van der Waals surface area contributed by atoms with Crippen molar-refractivity contribution in [2.75, 3.05) is 0 Å². The lowest BCUT2D eigenvalue weighted by molar-refractivity contribution is 0.561. The Bertz CT molecular complexity index is 1990. The van der Waals surface area contributed by atoms with Gasteiger partial charge in [0.2, 0.25) is 0 Å². The van der Waals surface area contributed by atoms with E-state index in [4.69, 9.17) is 9.40 Å². The van der Waals surface area contributed by atoms with Gasteiger partial charge in [0.15, 0.2) is 5.82 Å². The van der Waals surface area contributed by atoms with Crippen LogP contribution in [0.3, 0.4) is 0 Å². The van der Waals surface area contributed by atoms with E-state index >= 15 is 0 Å². The van der Waals surface area contributed by atoms with Gasteiger partial charge in [0.05, 0.1) is 16.3 Å². The Kier molecular flexibility index (Phi) is 6.00. The number of hydrogen-bond acceptors (Lipinski definition) is 5. The lowest BCUT2D eigenvalue weighted by Crippen LogP contribution is -2.16. The standard InChI is InChI=1S/C32H24N2O4S/c1-21-13-16-25(17-14-21)39(36,37)34-31(24-11-7-4-8-12-24)30(23-9-5-3-6-10-23)33-32(34)27-20-29(35)38-28-19-22(2)15-18-26(27)28/h3-20H,1-2H3. The van der Waals surface area contributed by atoms with Gasteiger partial charge < -0.3 is 4.42 Å². The van der Waals surface area contributed by atoms with Crippen molar-refractivity contribution in [1.82, 2.24) is 8.96 Å². The summed E-state index contributed by atoms with van der Waals surface area (Å²) >= 11 is 0. The lowest BCUT2D eigenvalue weighted by Gasteiger charge is -2.15. The molecule has 7 heteroatoms. The molecule has 0 N–H and O–H groups in total. The Hall–Kier alpha value is -4.75. The molecule has 2 aromatic heterocycles. The van der Waals surface area contributed by atoms with Crippen LogP contribution >= 0.6 is 0 Å². The van der Waals surface area contributed by atoms with Gasteiger partial charge in [-0.3, -0.25) is 0 Å². The number of benzene rings is 4. The van der Waals surface area contributed by atoms with Crippen LogP contribution in [0.5, 0.6) is 0 Å². The second kappa shape index (κ2) is 9.53. The number of hydrogen-bond donors (Lipinski definition) is 0. The van der Waals surface area contributed by atoms with E-state index < -0.39 is 15.6 Å². The molecule has 0 radical (unpaired) electrons. The minimum Gasteiger partial charge on any atom is -0.423 e. The molecular weight excluding hydrogens is 508 g/mol. The van der Waals surface area contributed by atoms with Gasteiger partial charge in [0.25, 0.3) is 10.0 Å². The Morgan fingerprint density at radius 3 is 2.00 bits per heavy atom. The molecule has 4 aromatic carbocycles. The molecule has 0 aliphatic heterocycles. The highest BCUT2D eigenvalue weighted by atomic mass is 32.2. The third kappa shape index (κ3) is 4.36. The predicted octanol–water partition coefficient (Wildman–Crippen LogP) is 6.84. The van der Waals surface area contributed by atoms with Crippen molar-refractivity contribution in [3.63, 3.8) is 0 Å². The van der Waals surface area contributed by atoms with Gasteiger partial charge in [-0.1, -0.05) is 90.5 Å². The van der Waals surface area contributed by atoms with Crippen LogP contribution in [0.2, 0.25) is 0 Å². The van der Waals surface area contributed by atoms with E-state index in [1.807, 2.05) is 86.6 Å². The van der Waals surface area contributed by atoms with Crippen molar-refractivity contribution in [2.45, 2.75) is 18.7 Å². The second-order valence-corrected chi connectivity index (χ2v) is 11.2. The van der Waals surface area contributed by atoms with Crippen molar-refractivity contribution in [3.8, 4) is 33.9 Å². The first-order valence-corrected chi connectivity index (χ1v) is 13.9. The van der Waals surface area contributed by atoms with E-state index in [9.17, 15) is 13.2 Å². The predicted molar refractivity (Wildman–Crippen MR) is 153 cm³/mol. The lowest BCUT2D eigenvalue weighted by atomic mass is 10.1. The molecule has 0 spiro atoms. The summed E-state index contributed by atoms with van der Waals surface area (Å²) in [6.45, 7) is 3.80. The Labute approximate surface area is 225 Å². The summed E-state index contributed by atoms with van der Waals surface area (Å²) in [5.74, 6) is 0.134. The summed E-state index contributed by atoms with van der Waals surface area (Å²) in [4.78, 5) is 17.8. The van der Waals surface area contributed by atoms with Crippen molar-refractivity contribution in [2.24, 2.45) is 0 Å². The van der Waals surface area contributed by atoms with E-state index in [0.717, 1.165) is 16.7 Å². The first kappa shape index (κ1) is 24.6. The Morgan fingerprint density at radius 1 is 0.718 bits per heavy atom. The van der Waals surface area contributed by atoms with Crippen LogP contribution in [0.25, 0.3) is 44.9 Å². The molecule has 0 fully saturated rings. The monoisotopic (exact) mass is 532 g/mol. The van der Waals surface area contributed by atoms with E-state index in [1.54, 1.807) is 30.3 Å². The van der Waals surface area contributed by atoms with Crippen molar-refractivity contribution < 1.29 is 12.8 Å². The van der Waals surface area contributed by atoms with E-state index in [2.05, 4.69) is 0 Å². The molecule has 39 heavy (non-hydrogen) atoms. The molecule has 0 amide bonds. The SMILES string of the molecule is Cc1ccc(S(=O)(=O)n2c(-c3cc(=O)oc4cc(C)ccc34)nc(-c3ccccc3)c2-c2ccccc2)cc1. The number of rotatable bonds is 5. The van der Waals surface area contributed by atoms with Gasteiger partial charge in [0.1, 0.15) is 5.58 Å². The molecular formula is C32H24N2O4S. The van der Waals surface area contributed by atoms with Gasteiger partial charge in [-0.2, -0.15) is 0 Å². The number of imidazole rings is 1. The van der Waals surface area contributed by atoms with Crippen molar-refractivity contribution in [3.05, 3.63) is 131 Å². The molecule has 6 nitrogen and oxygen atoms in total. The summed E-state index contributed by atoms with van der Waals surface area (Å²) in [6.07, 6.45) is 0. The third-order valence-corrected chi connectivity index (χ3v) is 8.34. The fourth-order valence-electron chi connectivity index (χ4n) is 4.73. The van der Waals surface area contributed by atoms with Crippen molar-refractivity contribution >= 4 is 21.0 Å². The average molecular weight is 533 g/mol. The first-order chi connectivity index (χ1) is 18.8. The fourth-order valence-corrected chi connectivity index (χ4v) is 6.22. The van der Waals surface area contributed by atoms with E-state index in [0.29, 0.717) is 33.5 Å². The molecule has 0 atom stereocenters. The molecule has 192 valence electrons. The summed E-state index contributed by atoms with van der Waals surface area (Å²) < 4.78 is 35.7. The van der Waals surface area contributed by atoms with Gasteiger partial charge in [0, 0.05) is 28.1 Å². The van der Waals surface area contributed by atoms with E-state index in [1.165, 1.54) is 10.0 Å². The first-order valence-electron chi connectivity index (χ1n) is 12.4. The van der Waals surface area contributed by atoms with Gasteiger partial charge in [-0.25, -0.2) is 22.2 Å². The highest BCUT2D eigenvalue weighted by molar-refractivity contribution is 7.90. The summed E-state index contributed by atoms with van der Waals surface area (Å²) in [5.41, 5.74) is 4.31. The van der Waals surface area contributed by atoms with E-state index in [-0.39, 0.29) is 10.7 Å². The Morgan fingerprint density at radius 2 is 1.33 bits per heavy atom. The maximum atomic E-state index is 14.5. The van der Waals surface area contributed by atoms with Gasteiger partial charge in [-0.15, -0.1) is 0 Å². The summed E-state index contributed by atoms with van der Waals surface area (Å²) in [5, 5.41) is 0.588. The average Bonchev–Trinajstić information content (AvgIpc) is 3.35. The minimum absolute atomic E-state index is 0.117. The maximum absolute atomic E-state index is 14.5. The smallest absolute Gasteiger partial charge is 0.336 e. The van der Waals surface area contributed by atoms with Crippen LogP contribution in [0.1, 0.15) is 11.1 Å². The highest BCUT2D eigenvalue weighted by Crippen LogP contribution is 2.40. The zero-order chi connectivity index (χ0) is 27.1. The van der Waals surface area contributed by atoms with Crippen LogP contribution in [-0.2, 0) is 10.0 Å². The number of nitrogens with zero attached hydrogens (tertiary/aromatic N) is 2. The van der Waals surface area contributed by atoms with Crippen LogP contribution in [0, 0.1) is 13.8 Å².